The zero-order chi connectivity index (χ0) is 15.6. The lowest BCUT2D eigenvalue weighted by atomic mass is 10.2. The summed E-state index contributed by atoms with van der Waals surface area (Å²) in [7, 11) is 0. The predicted octanol–water partition coefficient (Wildman–Crippen LogP) is 4.01. The lowest BCUT2D eigenvalue weighted by Gasteiger charge is -2.14. The molecule has 2 aliphatic rings. The van der Waals surface area contributed by atoms with Crippen molar-refractivity contribution in [1.29, 1.82) is 0 Å². The van der Waals surface area contributed by atoms with E-state index in [1.807, 2.05) is 42.5 Å². The second-order valence-corrected chi connectivity index (χ2v) is 6.58. The molecule has 2 aliphatic heterocycles. The average Bonchev–Trinajstić information content (AvgIpc) is 3.31. The molecule has 4 nitrogen and oxygen atoms in total. The highest BCUT2D eigenvalue weighted by Gasteiger charge is 2.27. The fraction of sp³-hybridized carbons (Fsp3) is 0.222. The fourth-order valence-corrected chi connectivity index (χ4v) is 3.70. The summed E-state index contributed by atoms with van der Waals surface area (Å²) < 4.78 is 5.83. The van der Waals surface area contributed by atoms with Gasteiger partial charge in [-0.1, -0.05) is 30.3 Å². The summed E-state index contributed by atoms with van der Waals surface area (Å²) in [6.07, 6.45) is 4.13. The number of amidine groups is 1. The van der Waals surface area contributed by atoms with Gasteiger partial charge in [0.15, 0.2) is 5.17 Å². The molecular formula is C18H16N2O2S. The number of rotatable bonds is 2. The van der Waals surface area contributed by atoms with Gasteiger partial charge in [-0.05, 0) is 36.7 Å². The lowest BCUT2D eigenvalue weighted by molar-refractivity contribution is -0.113. The summed E-state index contributed by atoms with van der Waals surface area (Å²) in [6.45, 7) is 1.98. The molecule has 0 radical (unpaired) electrons. The minimum Gasteiger partial charge on any atom is -0.457 e. The maximum absolute atomic E-state index is 12.1. The topological polar surface area (TPSA) is 45.8 Å². The van der Waals surface area contributed by atoms with E-state index in [-0.39, 0.29) is 5.91 Å². The van der Waals surface area contributed by atoms with Crippen LogP contribution in [0, 0.1) is 0 Å². The summed E-state index contributed by atoms with van der Waals surface area (Å²) in [5.41, 5.74) is 1.02. The number of thioether (sulfide) groups is 1. The molecule has 0 aliphatic carbocycles. The number of benzene rings is 1. The fourth-order valence-electron chi connectivity index (χ4n) is 2.76. The Morgan fingerprint density at radius 1 is 1.09 bits per heavy atom. The Kier molecular flexibility index (Phi) is 3.79. The van der Waals surface area contributed by atoms with Gasteiger partial charge in [0.2, 0.25) is 0 Å². The molecule has 1 fully saturated rings. The number of hydrogen-bond acceptors (Lipinski definition) is 4. The highest BCUT2D eigenvalue weighted by molar-refractivity contribution is 8.18. The van der Waals surface area contributed by atoms with Crippen molar-refractivity contribution in [2.45, 2.75) is 12.8 Å². The Balaban J connectivity index is 1.53. The molecule has 0 spiro atoms. The third kappa shape index (κ3) is 2.97. The summed E-state index contributed by atoms with van der Waals surface area (Å²) in [4.78, 5) is 19.1. The van der Waals surface area contributed by atoms with Gasteiger partial charge in [-0.15, -0.1) is 0 Å². The van der Waals surface area contributed by atoms with Crippen molar-refractivity contribution >= 4 is 28.9 Å². The van der Waals surface area contributed by atoms with Crippen LogP contribution in [0.4, 0.5) is 0 Å². The number of nitrogens with zero attached hydrogens (tertiary/aromatic N) is 2. The van der Waals surface area contributed by atoms with Crippen LogP contribution in [0.15, 0.2) is 56.8 Å². The van der Waals surface area contributed by atoms with E-state index in [9.17, 15) is 4.79 Å². The molecule has 2 aromatic rings. The van der Waals surface area contributed by atoms with Crippen LogP contribution in [-0.2, 0) is 4.79 Å². The third-order valence-electron chi connectivity index (χ3n) is 3.94. The first-order chi connectivity index (χ1) is 11.3. The first-order valence-electron chi connectivity index (χ1n) is 7.72. The van der Waals surface area contributed by atoms with Gasteiger partial charge in [-0.2, -0.15) is 4.99 Å². The molecule has 0 N–H and O–H groups in total. The van der Waals surface area contributed by atoms with E-state index in [0.29, 0.717) is 10.7 Å². The van der Waals surface area contributed by atoms with Crippen LogP contribution in [-0.4, -0.2) is 29.1 Å². The first-order valence-corrected chi connectivity index (χ1v) is 8.54. The zero-order valence-corrected chi connectivity index (χ0v) is 13.4. The van der Waals surface area contributed by atoms with Crippen molar-refractivity contribution in [2.24, 2.45) is 4.99 Å². The largest absolute Gasteiger partial charge is 0.457 e. The monoisotopic (exact) mass is 324 g/mol. The van der Waals surface area contributed by atoms with Crippen LogP contribution in [0.2, 0.25) is 0 Å². The van der Waals surface area contributed by atoms with E-state index >= 15 is 0 Å². The third-order valence-corrected chi connectivity index (χ3v) is 4.99. The molecule has 0 atom stereocenters. The van der Waals surface area contributed by atoms with E-state index < -0.39 is 0 Å². The SMILES string of the molecule is O=C1N=C(N2CCCC2)S/C1=C/c1ccc(-c2ccccc2)o1. The Morgan fingerprint density at radius 3 is 2.65 bits per heavy atom. The van der Waals surface area contributed by atoms with Gasteiger partial charge < -0.3 is 9.32 Å². The van der Waals surface area contributed by atoms with Crippen LogP contribution in [0.5, 0.6) is 0 Å². The number of hydrogen-bond donors (Lipinski definition) is 0. The van der Waals surface area contributed by atoms with Crippen molar-refractivity contribution < 1.29 is 9.21 Å². The Hall–Kier alpha value is -2.27. The summed E-state index contributed by atoms with van der Waals surface area (Å²) in [5.74, 6) is 1.31. The van der Waals surface area contributed by atoms with E-state index in [4.69, 9.17) is 4.42 Å². The lowest BCUT2D eigenvalue weighted by Crippen LogP contribution is -2.23. The first kappa shape index (κ1) is 14.3. The molecule has 4 rings (SSSR count). The van der Waals surface area contributed by atoms with Crippen LogP contribution in [0.1, 0.15) is 18.6 Å². The smallest absolute Gasteiger partial charge is 0.286 e. The molecule has 3 heterocycles. The zero-order valence-electron chi connectivity index (χ0n) is 12.6. The number of aliphatic imine (C=N–C) groups is 1. The Labute approximate surface area is 138 Å². The molecule has 5 heteroatoms. The Morgan fingerprint density at radius 2 is 1.87 bits per heavy atom. The number of furan rings is 1. The van der Waals surface area contributed by atoms with Crippen LogP contribution < -0.4 is 0 Å². The molecule has 1 aromatic heterocycles. The minimum absolute atomic E-state index is 0.172. The second-order valence-electron chi connectivity index (χ2n) is 5.57. The normalized spacial score (nSPS) is 19.7. The van der Waals surface area contributed by atoms with Crippen molar-refractivity contribution in [1.82, 2.24) is 4.90 Å². The van der Waals surface area contributed by atoms with Gasteiger partial charge in [0.1, 0.15) is 11.5 Å². The van der Waals surface area contributed by atoms with Gasteiger partial charge in [-0.25, -0.2) is 0 Å². The molecule has 116 valence electrons. The van der Waals surface area contributed by atoms with Crippen molar-refractivity contribution in [3.8, 4) is 11.3 Å². The number of carbonyl (C=O) groups excluding carboxylic acids is 1. The maximum atomic E-state index is 12.1. The highest BCUT2D eigenvalue weighted by Crippen LogP contribution is 2.32. The second kappa shape index (κ2) is 6.08. The number of likely N-dealkylation sites (tertiary alicyclic amines) is 1. The van der Waals surface area contributed by atoms with E-state index in [0.717, 1.165) is 29.6 Å². The molecule has 1 amide bonds. The van der Waals surface area contributed by atoms with E-state index in [1.165, 1.54) is 24.6 Å². The number of carbonyl (C=O) groups is 1. The van der Waals surface area contributed by atoms with Gasteiger partial charge in [0.25, 0.3) is 5.91 Å². The van der Waals surface area contributed by atoms with Crippen molar-refractivity contribution in [2.75, 3.05) is 13.1 Å². The highest BCUT2D eigenvalue weighted by atomic mass is 32.2. The van der Waals surface area contributed by atoms with Crippen molar-refractivity contribution in [3.63, 3.8) is 0 Å². The van der Waals surface area contributed by atoms with Crippen LogP contribution in [0.3, 0.4) is 0 Å². The van der Waals surface area contributed by atoms with Crippen LogP contribution in [0.25, 0.3) is 17.4 Å². The van der Waals surface area contributed by atoms with Crippen LogP contribution >= 0.6 is 11.8 Å². The van der Waals surface area contributed by atoms with Gasteiger partial charge in [0.05, 0.1) is 4.91 Å². The predicted molar refractivity (Wildman–Crippen MR) is 93.0 cm³/mol. The molecule has 0 unspecified atom stereocenters. The summed E-state index contributed by atoms with van der Waals surface area (Å²) >= 11 is 1.44. The molecule has 23 heavy (non-hydrogen) atoms. The Bertz CT molecular complexity index is 786. The van der Waals surface area contributed by atoms with E-state index in [2.05, 4.69) is 9.89 Å². The minimum atomic E-state index is -0.172. The molecule has 1 aromatic carbocycles. The molecular weight excluding hydrogens is 308 g/mol. The molecule has 0 saturated carbocycles. The van der Waals surface area contributed by atoms with Crippen molar-refractivity contribution in [3.05, 3.63) is 53.1 Å². The van der Waals surface area contributed by atoms with Gasteiger partial charge in [0, 0.05) is 24.7 Å². The standard InChI is InChI=1S/C18H16N2O2S/c21-17-16(23-18(19-17)20-10-4-5-11-20)12-14-8-9-15(22-14)13-6-2-1-3-7-13/h1-3,6-9,12H,4-5,10-11H2/b16-12+. The van der Waals surface area contributed by atoms with Gasteiger partial charge in [-0.3, -0.25) is 4.79 Å². The molecule has 1 saturated heterocycles. The summed E-state index contributed by atoms with van der Waals surface area (Å²) in [6, 6.07) is 13.7. The van der Waals surface area contributed by atoms with E-state index in [1.54, 1.807) is 6.08 Å². The number of amides is 1. The maximum Gasteiger partial charge on any atom is 0.286 e. The molecule has 0 bridgehead atoms. The van der Waals surface area contributed by atoms with Gasteiger partial charge >= 0.3 is 0 Å². The quantitative estimate of drug-likeness (QED) is 0.783. The summed E-state index contributed by atoms with van der Waals surface area (Å²) in [5, 5.41) is 0.827. The average molecular weight is 324 g/mol.